The minimum absolute atomic E-state index is 0.163. The fourth-order valence-corrected chi connectivity index (χ4v) is 1.93. The minimum Gasteiger partial charge on any atom is -0.383 e. The normalized spacial score (nSPS) is 10.3. The summed E-state index contributed by atoms with van der Waals surface area (Å²) in [4.78, 5) is 11.7. The maximum Gasteiger partial charge on any atom is 0.227 e. The molecule has 5 nitrogen and oxygen atoms in total. The average molecular weight is 314 g/mol. The van der Waals surface area contributed by atoms with Crippen LogP contribution in [0.5, 0.6) is 0 Å². The Kier molecular flexibility index (Phi) is 4.87. The molecule has 0 atom stereocenters. The van der Waals surface area contributed by atoms with Crippen molar-refractivity contribution in [2.75, 3.05) is 17.2 Å². The van der Waals surface area contributed by atoms with Gasteiger partial charge in [-0.15, -0.1) is 0 Å². The molecule has 1 heterocycles. The third-order valence-corrected chi connectivity index (χ3v) is 3.06. The number of rotatable bonds is 5. The Morgan fingerprint density at radius 3 is 2.85 bits per heavy atom. The van der Waals surface area contributed by atoms with Crippen LogP contribution in [0.1, 0.15) is 12.2 Å². The van der Waals surface area contributed by atoms with Gasteiger partial charge in [0.25, 0.3) is 0 Å². The first-order chi connectivity index (χ1) is 9.54. The molecular formula is C13H13Cl2N3O2. The first kappa shape index (κ1) is 14.7. The molecule has 1 aromatic carbocycles. The molecule has 0 aliphatic heterocycles. The first-order valence-electron chi connectivity index (χ1n) is 5.96. The highest BCUT2D eigenvalue weighted by molar-refractivity contribution is 6.35. The van der Waals surface area contributed by atoms with Crippen molar-refractivity contribution in [1.29, 1.82) is 0 Å². The number of nitrogens with zero attached hydrogens (tertiary/aromatic N) is 1. The van der Waals surface area contributed by atoms with Crippen molar-refractivity contribution < 1.29 is 9.32 Å². The summed E-state index contributed by atoms with van der Waals surface area (Å²) in [5, 5.41) is 10.5. The number of hydrogen-bond donors (Lipinski definition) is 2. The lowest BCUT2D eigenvalue weighted by Gasteiger charge is -2.08. The van der Waals surface area contributed by atoms with E-state index in [0.717, 1.165) is 0 Å². The Morgan fingerprint density at radius 1 is 1.35 bits per heavy atom. The number of nitrogens with one attached hydrogen (secondary N) is 2. The minimum atomic E-state index is -0.163. The highest BCUT2D eigenvalue weighted by Crippen LogP contribution is 2.25. The van der Waals surface area contributed by atoms with E-state index in [2.05, 4.69) is 15.8 Å². The Morgan fingerprint density at radius 2 is 2.15 bits per heavy atom. The van der Waals surface area contributed by atoms with Crippen LogP contribution < -0.4 is 10.6 Å². The van der Waals surface area contributed by atoms with Gasteiger partial charge in [0.05, 0.1) is 10.7 Å². The molecule has 0 fully saturated rings. The van der Waals surface area contributed by atoms with Crippen molar-refractivity contribution in [3.63, 3.8) is 0 Å². The number of benzene rings is 1. The Bertz CT molecular complexity index is 613. The van der Waals surface area contributed by atoms with Crippen LogP contribution >= 0.6 is 23.2 Å². The van der Waals surface area contributed by atoms with E-state index < -0.39 is 0 Å². The lowest BCUT2D eigenvalue weighted by molar-refractivity contribution is -0.116. The monoisotopic (exact) mass is 313 g/mol. The average Bonchev–Trinajstić information content (AvgIpc) is 2.79. The number of aromatic nitrogens is 1. The molecule has 2 N–H and O–H groups in total. The van der Waals surface area contributed by atoms with Gasteiger partial charge in [0.15, 0.2) is 5.82 Å². The van der Waals surface area contributed by atoms with Crippen molar-refractivity contribution in [2.45, 2.75) is 13.3 Å². The van der Waals surface area contributed by atoms with Gasteiger partial charge in [-0.25, -0.2) is 0 Å². The zero-order chi connectivity index (χ0) is 14.5. The predicted octanol–water partition coefficient (Wildman–Crippen LogP) is 3.73. The Hall–Kier alpha value is -1.72. The van der Waals surface area contributed by atoms with Gasteiger partial charge in [-0.05, 0) is 25.1 Å². The molecule has 2 aromatic rings. The number of hydrogen-bond acceptors (Lipinski definition) is 4. The van der Waals surface area contributed by atoms with Crippen molar-refractivity contribution in [3.8, 4) is 0 Å². The van der Waals surface area contributed by atoms with Crippen LogP contribution in [0.4, 0.5) is 11.5 Å². The van der Waals surface area contributed by atoms with Gasteiger partial charge in [0.1, 0.15) is 5.76 Å². The fourth-order valence-electron chi connectivity index (χ4n) is 1.57. The summed E-state index contributed by atoms with van der Waals surface area (Å²) in [6.07, 6.45) is 0.273. The first-order valence-corrected chi connectivity index (χ1v) is 6.72. The zero-order valence-corrected chi connectivity index (χ0v) is 12.3. The summed E-state index contributed by atoms with van der Waals surface area (Å²) in [6.45, 7) is 2.19. The lowest BCUT2D eigenvalue weighted by atomic mass is 10.3. The number of amides is 1. The standard InChI is InChI=1S/C13H13Cl2N3O2/c1-8-6-12(18-20-8)17-13(19)4-5-16-11-7-9(14)2-3-10(11)15/h2-3,6-7,16H,4-5H2,1H3,(H,17,18,19). The van der Waals surface area contributed by atoms with Crippen molar-refractivity contribution in [1.82, 2.24) is 5.16 Å². The van der Waals surface area contributed by atoms with E-state index in [1.807, 2.05) is 0 Å². The van der Waals surface area contributed by atoms with Gasteiger partial charge in [0.2, 0.25) is 5.91 Å². The van der Waals surface area contributed by atoms with Crippen LogP contribution in [-0.2, 0) is 4.79 Å². The molecular weight excluding hydrogens is 301 g/mol. The molecule has 0 saturated carbocycles. The molecule has 0 spiro atoms. The summed E-state index contributed by atoms with van der Waals surface area (Å²) >= 11 is 11.9. The molecule has 2 rings (SSSR count). The van der Waals surface area contributed by atoms with E-state index in [1.165, 1.54) is 0 Å². The van der Waals surface area contributed by atoms with Gasteiger partial charge in [-0.3, -0.25) is 4.79 Å². The second-order valence-electron chi connectivity index (χ2n) is 4.17. The van der Waals surface area contributed by atoms with Crippen LogP contribution in [0.15, 0.2) is 28.8 Å². The molecule has 0 aliphatic carbocycles. The van der Waals surface area contributed by atoms with Crippen LogP contribution in [-0.4, -0.2) is 17.6 Å². The van der Waals surface area contributed by atoms with Crippen molar-refractivity contribution >= 4 is 40.6 Å². The third kappa shape index (κ3) is 4.15. The topological polar surface area (TPSA) is 67.2 Å². The van der Waals surface area contributed by atoms with E-state index in [-0.39, 0.29) is 12.3 Å². The van der Waals surface area contributed by atoms with Crippen LogP contribution in [0, 0.1) is 6.92 Å². The molecule has 0 unspecified atom stereocenters. The van der Waals surface area contributed by atoms with E-state index in [4.69, 9.17) is 27.7 Å². The summed E-state index contributed by atoms with van der Waals surface area (Å²) in [5.74, 6) is 0.890. The number of anilines is 2. The highest BCUT2D eigenvalue weighted by atomic mass is 35.5. The van der Waals surface area contributed by atoms with Crippen LogP contribution in [0.2, 0.25) is 10.0 Å². The number of halogens is 2. The Balaban J connectivity index is 1.80. The molecule has 1 aromatic heterocycles. The molecule has 7 heteroatoms. The van der Waals surface area contributed by atoms with Gasteiger partial charge >= 0.3 is 0 Å². The van der Waals surface area contributed by atoms with Crippen LogP contribution in [0.3, 0.4) is 0 Å². The number of aryl methyl sites for hydroxylation is 1. The molecule has 106 valence electrons. The van der Waals surface area contributed by atoms with E-state index in [1.54, 1.807) is 31.2 Å². The Labute approximate surface area is 126 Å². The second-order valence-corrected chi connectivity index (χ2v) is 5.02. The summed E-state index contributed by atoms with van der Waals surface area (Å²) in [6, 6.07) is 6.76. The number of carbonyl (C=O) groups is 1. The fraction of sp³-hybridized carbons (Fsp3) is 0.231. The van der Waals surface area contributed by atoms with E-state index >= 15 is 0 Å². The second kappa shape index (κ2) is 6.63. The van der Waals surface area contributed by atoms with Crippen LogP contribution in [0.25, 0.3) is 0 Å². The van der Waals surface area contributed by atoms with Crippen molar-refractivity contribution in [2.24, 2.45) is 0 Å². The summed E-state index contributed by atoms with van der Waals surface area (Å²) < 4.78 is 4.86. The van der Waals surface area contributed by atoms with E-state index in [0.29, 0.717) is 33.9 Å². The quantitative estimate of drug-likeness (QED) is 0.882. The maximum atomic E-state index is 11.7. The van der Waals surface area contributed by atoms with Crippen molar-refractivity contribution in [3.05, 3.63) is 40.1 Å². The number of carbonyl (C=O) groups excluding carboxylic acids is 1. The zero-order valence-electron chi connectivity index (χ0n) is 10.7. The molecule has 0 radical (unpaired) electrons. The largest absolute Gasteiger partial charge is 0.383 e. The summed E-state index contributed by atoms with van der Waals surface area (Å²) in [7, 11) is 0. The molecule has 0 saturated heterocycles. The molecule has 20 heavy (non-hydrogen) atoms. The van der Waals surface area contributed by atoms with E-state index in [9.17, 15) is 4.79 Å². The molecule has 1 amide bonds. The lowest BCUT2D eigenvalue weighted by Crippen LogP contribution is -2.16. The predicted molar refractivity (Wildman–Crippen MR) is 79.4 cm³/mol. The van der Waals surface area contributed by atoms with Gasteiger partial charge < -0.3 is 15.2 Å². The summed E-state index contributed by atoms with van der Waals surface area (Å²) in [5.41, 5.74) is 0.698. The van der Waals surface area contributed by atoms with Gasteiger partial charge in [0, 0.05) is 24.1 Å². The smallest absolute Gasteiger partial charge is 0.227 e. The van der Waals surface area contributed by atoms with Gasteiger partial charge in [-0.2, -0.15) is 0 Å². The SMILES string of the molecule is Cc1cc(NC(=O)CCNc2cc(Cl)ccc2Cl)no1. The molecule has 0 bridgehead atoms. The highest BCUT2D eigenvalue weighted by Gasteiger charge is 2.06. The third-order valence-electron chi connectivity index (χ3n) is 2.49. The molecule has 0 aliphatic rings. The maximum absolute atomic E-state index is 11.7. The van der Waals surface area contributed by atoms with Gasteiger partial charge in [-0.1, -0.05) is 28.4 Å².